The molecule has 0 saturated carbocycles. The second-order valence-electron chi connectivity index (χ2n) is 5.42. The van der Waals surface area contributed by atoms with Crippen LogP contribution >= 0.6 is 0 Å². The van der Waals surface area contributed by atoms with Crippen LogP contribution in [0.2, 0.25) is 0 Å². The van der Waals surface area contributed by atoms with E-state index in [-0.39, 0.29) is 10.6 Å². The summed E-state index contributed by atoms with van der Waals surface area (Å²) < 4.78 is 5.26. The standard InChI is InChI=1S/C14H20N2O4/c1-11-9-12(3-4-13(11)16(18)19)15(2)10-14(17)5-7-20-8-6-14/h3-4,9,17H,5-8,10H2,1-2H3. The van der Waals surface area contributed by atoms with Gasteiger partial charge in [0.05, 0.1) is 10.5 Å². The Kier molecular flexibility index (Phi) is 4.25. The van der Waals surface area contributed by atoms with Gasteiger partial charge in [-0.1, -0.05) is 0 Å². The molecule has 1 aliphatic heterocycles. The third kappa shape index (κ3) is 3.26. The van der Waals surface area contributed by atoms with Crippen LogP contribution in [-0.4, -0.2) is 42.4 Å². The fourth-order valence-electron chi connectivity index (χ4n) is 2.52. The van der Waals surface area contributed by atoms with Crippen molar-refractivity contribution in [2.75, 3.05) is 31.7 Å². The third-order valence-corrected chi connectivity index (χ3v) is 3.77. The molecular formula is C14H20N2O4. The number of nitrogens with zero attached hydrogens (tertiary/aromatic N) is 2. The number of anilines is 1. The second-order valence-corrected chi connectivity index (χ2v) is 5.42. The van der Waals surface area contributed by atoms with E-state index >= 15 is 0 Å². The molecular weight excluding hydrogens is 260 g/mol. The van der Waals surface area contributed by atoms with Crippen molar-refractivity contribution in [3.05, 3.63) is 33.9 Å². The second kappa shape index (κ2) is 5.76. The zero-order valence-corrected chi connectivity index (χ0v) is 11.8. The minimum absolute atomic E-state index is 0.118. The maximum absolute atomic E-state index is 10.8. The highest BCUT2D eigenvalue weighted by atomic mass is 16.6. The van der Waals surface area contributed by atoms with Gasteiger partial charge < -0.3 is 14.7 Å². The van der Waals surface area contributed by atoms with Crippen molar-refractivity contribution < 1.29 is 14.8 Å². The fourth-order valence-corrected chi connectivity index (χ4v) is 2.52. The number of nitro benzene ring substituents is 1. The maximum atomic E-state index is 10.8. The van der Waals surface area contributed by atoms with Crippen LogP contribution in [0.5, 0.6) is 0 Å². The van der Waals surface area contributed by atoms with Crippen molar-refractivity contribution in [2.24, 2.45) is 0 Å². The molecule has 1 saturated heterocycles. The average molecular weight is 280 g/mol. The normalized spacial score (nSPS) is 17.8. The van der Waals surface area contributed by atoms with Crippen molar-refractivity contribution in [1.29, 1.82) is 0 Å². The third-order valence-electron chi connectivity index (χ3n) is 3.77. The molecule has 2 rings (SSSR count). The van der Waals surface area contributed by atoms with E-state index in [1.165, 1.54) is 6.07 Å². The van der Waals surface area contributed by atoms with Gasteiger partial charge in [-0.2, -0.15) is 0 Å². The summed E-state index contributed by atoms with van der Waals surface area (Å²) in [5.74, 6) is 0. The Morgan fingerprint density at radius 3 is 2.65 bits per heavy atom. The predicted molar refractivity (Wildman–Crippen MR) is 76.1 cm³/mol. The van der Waals surface area contributed by atoms with Gasteiger partial charge in [-0.15, -0.1) is 0 Å². The molecule has 1 N–H and O–H groups in total. The Morgan fingerprint density at radius 1 is 1.45 bits per heavy atom. The summed E-state index contributed by atoms with van der Waals surface area (Å²) in [6, 6.07) is 5.00. The molecule has 0 unspecified atom stereocenters. The lowest BCUT2D eigenvalue weighted by Crippen LogP contribution is -2.45. The Morgan fingerprint density at radius 2 is 2.10 bits per heavy atom. The average Bonchev–Trinajstić information content (AvgIpc) is 2.38. The lowest BCUT2D eigenvalue weighted by Gasteiger charge is -2.36. The number of benzene rings is 1. The molecule has 0 atom stereocenters. The Hall–Kier alpha value is -1.66. The van der Waals surface area contributed by atoms with Gasteiger partial charge in [0.2, 0.25) is 0 Å². The molecule has 6 heteroatoms. The van der Waals surface area contributed by atoms with Gasteiger partial charge in [-0.05, 0) is 19.1 Å². The van der Waals surface area contributed by atoms with Gasteiger partial charge in [0.25, 0.3) is 5.69 Å². The van der Waals surface area contributed by atoms with E-state index < -0.39 is 5.60 Å². The molecule has 1 aromatic carbocycles. The van der Waals surface area contributed by atoms with E-state index in [0.29, 0.717) is 38.2 Å². The summed E-state index contributed by atoms with van der Waals surface area (Å²) in [7, 11) is 1.88. The van der Waals surface area contributed by atoms with Gasteiger partial charge >= 0.3 is 0 Å². The van der Waals surface area contributed by atoms with Crippen LogP contribution in [0, 0.1) is 17.0 Å². The first-order chi connectivity index (χ1) is 9.41. The number of nitro groups is 1. The molecule has 0 bridgehead atoms. The van der Waals surface area contributed by atoms with E-state index in [0.717, 1.165) is 5.69 Å². The van der Waals surface area contributed by atoms with Crippen LogP contribution in [-0.2, 0) is 4.74 Å². The number of hydrogen-bond acceptors (Lipinski definition) is 5. The molecule has 6 nitrogen and oxygen atoms in total. The Labute approximate surface area is 118 Å². The van der Waals surface area contributed by atoms with E-state index in [4.69, 9.17) is 4.74 Å². The SMILES string of the molecule is Cc1cc(N(C)CC2(O)CCOCC2)ccc1[N+](=O)[O-]. The highest BCUT2D eigenvalue weighted by Gasteiger charge is 2.31. The molecule has 110 valence electrons. The van der Waals surface area contributed by atoms with Crippen molar-refractivity contribution in [3.8, 4) is 0 Å². The topological polar surface area (TPSA) is 75.8 Å². The van der Waals surface area contributed by atoms with Gasteiger partial charge in [0, 0.05) is 57.0 Å². The number of aryl methyl sites for hydroxylation is 1. The summed E-state index contributed by atoms with van der Waals surface area (Å²) in [4.78, 5) is 12.4. The van der Waals surface area contributed by atoms with Crippen LogP contribution in [0.25, 0.3) is 0 Å². The van der Waals surface area contributed by atoms with Crippen LogP contribution in [0.15, 0.2) is 18.2 Å². The van der Waals surface area contributed by atoms with Gasteiger partial charge in [0.1, 0.15) is 0 Å². The highest BCUT2D eigenvalue weighted by Crippen LogP contribution is 2.27. The molecule has 0 amide bonds. The largest absolute Gasteiger partial charge is 0.388 e. The summed E-state index contributed by atoms with van der Waals surface area (Å²) in [5, 5.41) is 21.3. The predicted octanol–water partition coefficient (Wildman–Crippen LogP) is 1.88. The van der Waals surface area contributed by atoms with Crippen LogP contribution in [0.3, 0.4) is 0 Å². The summed E-state index contributed by atoms with van der Waals surface area (Å²) in [6.45, 7) is 3.36. The van der Waals surface area contributed by atoms with Gasteiger partial charge in [-0.3, -0.25) is 10.1 Å². The lowest BCUT2D eigenvalue weighted by atomic mass is 9.93. The molecule has 1 fully saturated rings. The maximum Gasteiger partial charge on any atom is 0.272 e. The lowest BCUT2D eigenvalue weighted by molar-refractivity contribution is -0.385. The number of likely N-dealkylation sites (N-methyl/N-ethyl adjacent to an activating group) is 1. The molecule has 20 heavy (non-hydrogen) atoms. The molecule has 1 heterocycles. The number of aliphatic hydroxyl groups is 1. The van der Waals surface area contributed by atoms with E-state index in [1.54, 1.807) is 19.1 Å². The Bertz CT molecular complexity index is 498. The molecule has 0 spiro atoms. The van der Waals surface area contributed by atoms with Crippen LogP contribution in [0.4, 0.5) is 11.4 Å². The first-order valence-electron chi connectivity index (χ1n) is 6.68. The number of ether oxygens (including phenoxy) is 1. The van der Waals surface area contributed by atoms with Crippen LogP contribution in [0.1, 0.15) is 18.4 Å². The smallest absolute Gasteiger partial charge is 0.272 e. The first kappa shape index (κ1) is 14.7. The minimum Gasteiger partial charge on any atom is -0.388 e. The van der Waals surface area contributed by atoms with E-state index in [2.05, 4.69) is 0 Å². The minimum atomic E-state index is -0.747. The van der Waals surface area contributed by atoms with Gasteiger partial charge in [-0.25, -0.2) is 0 Å². The first-order valence-corrected chi connectivity index (χ1v) is 6.68. The van der Waals surface area contributed by atoms with Crippen molar-refractivity contribution in [1.82, 2.24) is 0 Å². The number of rotatable bonds is 4. The zero-order chi connectivity index (χ0) is 14.8. The van der Waals surface area contributed by atoms with Crippen molar-refractivity contribution >= 4 is 11.4 Å². The molecule has 1 aromatic rings. The Balaban J connectivity index is 2.11. The monoisotopic (exact) mass is 280 g/mol. The molecule has 0 aromatic heterocycles. The molecule has 1 aliphatic rings. The van der Waals surface area contributed by atoms with Gasteiger partial charge in [0.15, 0.2) is 0 Å². The van der Waals surface area contributed by atoms with Crippen molar-refractivity contribution in [3.63, 3.8) is 0 Å². The fraction of sp³-hybridized carbons (Fsp3) is 0.571. The zero-order valence-electron chi connectivity index (χ0n) is 11.8. The van der Waals surface area contributed by atoms with E-state index in [1.807, 2.05) is 11.9 Å². The highest BCUT2D eigenvalue weighted by molar-refractivity contribution is 5.55. The summed E-state index contributed by atoms with van der Waals surface area (Å²) in [5.41, 5.74) is 0.862. The van der Waals surface area contributed by atoms with Crippen LogP contribution < -0.4 is 4.90 Å². The summed E-state index contributed by atoms with van der Waals surface area (Å²) >= 11 is 0. The summed E-state index contributed by atoms with van der Waals surface area (Å²) in [6.07, 6.45) is 1.23. The van der Waals surface area contributed by atoms with E-state index in [9.17, 15) is 15.2 Å². The number of hydrogen-bond donors (Lipinski definition) is 1. The quantitative estimate of drug-likeness (QED) is 0.673. The molecule has 0 aliphatic carbocycles. The van der Waals surface area contributed by atoms with Crippen molar-refractivity contribution in [2.45, 2.75) is 25.4 Å². The molecule has 0 radical (unpaired) electrons.